The van der Waals surface area contributed by atoms with Gasteiger partial charge in [-0.1, -0.05) is 11.3 Å². The molecule has 0 spiro atoms. The number of aromatic nitrogens is 1. The predicted octanol–water partition coefficient (Wildman–Crippen LogP) is -0.00240. The van der Waals surface area contributed by atoms with E-state index >= 15 is 0 Å². The van der Waals surface area contributed by atoms with Gasteiger partial charge in [-0.25, -0.2) is 0 Å². The lowest BCUT2D eigenvalue weighted by molar-refractivity contribution is 0.454. The van der Waals surface area contributed by atoms with Crippen LogP contribution in [0.1, 0.15) is 4.88 Å². The van der Waals surface area contributed by atoms with Crippen molar-refractivity contribution >= 4 is 40.9 Å². The Bertz CT molecular complexity index is 799. The molecule has 0 atom stereocenters. The number of H-pyrrole nitrogens is 1. The number of nitrogens with zero attached hydrogens (tertiary/aromatic N) is 2. The largest absolute Gasteiger partial charge is 0.493 e. The van der Waals surface area contributed by atoms with Gasteiger partial charge in [0, 0.05) is 6.08 Å². The quantitative estimate of drug-likeness (QED) is 0.532. The molecule has 2 rings (SSSR count). The van der Waals surface area contributed by atoms with Crippen LogP contribution >= 0.6 is 23.6 Å². The van der Waals surface area contributed by atoms with Crippen LogP contribution < -0.4 is 21.4 Å². The van der Waals surface area contributed by atoms with Crippen molar-refractivity contribution in [3.05, 3.63) is 37.5 Å². The number of thiazole rings is 1. The lowest BCUT2D eigenvalue weighted by Gasteiger charge is -1.83. The molecule has 0 saturated carbocycles. The fourth-order valence-corrected chi connectivity index (χ4v) is 1.93. The highest BCUT2D eigenvalue weighted by molar-refractivity contribution is 7.80. The van der Waals surface area contributed by atoms with E-state index in [1.165, 1.54) is 12.3 Å². The van der Waals surface area contributed by atoms with E-state index in [0.717, 1.165) is 11.3 Å². The molecule has 2 aromatic heterocycles. The van der Waals surface area contributed by atoms with E-state index in [1.54, 1.807) is 12.1 Å². The molecule has 4 N–H and O–H groups in total. The summed E-state index contributed by atoms with van der Waals surface area (Å²) in [5, 5.41) is 16.4. The Labute approximate surface area is 115 Å². The van der Waals surface area contributed by atoms with Crippen LogP contribution in [-0.4, -0.2) is 15.2 Å². The van der Waals surface area contributed by atoms with E-state index < -0.39 is 0 Å². The number of rotatable bonds is 2. The lowest BCUT2D eigenvalue weighted by atomic mass is 10.4. The summed E-state index contributed by atoms with van der Waals surface area (Å²) in [6.45, 7) is 0. The van der Waals surface area contributed by atoms with Crippen LogP contribution in [0, 0.1) is 0 Å². The Hall–Kier alpha value is -2.26. The highest BCUT2D eigenvalue weighted by Gasteiger charge is 2.03. The molecule has 0 aliphatic rings. The number of thiocarbonyl (C=S) groups is 1. The van der Waals surface area contributed by atoms with Crippen molar-refractivity contribution in [3.63, 3.8) is 0 Å². The van der Waals surface area contributed by atoms with Crippen molar-refractivity contribution in [2.45, 2.75) is 0 Å². The number of nitrogens with two attached hydrogens (primary N) is 1. The second-order valence-electron chi connectivity index (χ2n) is 3.29. The molecule has 0 bridgehead atoms. The Morgan fingerprint density at radius 1 is 1.53 bits per heavy atom. The molecular formula is C10H8N4O3S2. The Balaban J connectivity index is 2.33. The smallest absolute Gasteiger partial charge is 0.307 e. The van der Waals surface area contributed by atoms with Gasteiger partial charge >= 0.3 is 4.87 Å². The van der Waals surface area contributed by atoms with Gasteiger partial charge in [-0.2, -0.15) is 5.11 Å². The number of hydrogen-bond acceptors (Lipinski definition) is 6. The number of furan rings is 1. The molecule has 0 aliphatic heterocycles. The fourth-order valence-electron chi connectivity index (χ4n) is 1.22. The van der Waals surface area contributed by atoms with Gasteiger partial charge in [-0.3, -0.25) is 9.78 Å². The summed E-state index contributed by atoms with van der Waals surface area (Å²) in [4.78, 5) is 13.3. The first-order valence-corrected chi connectivity index (χ1v) is 6.17. The standard InChI is InChI=1S/C10H8N4O3S2/c11-9(18)14-12-4-6-2-1-5(17-6)3-7-8(15)13-10(16)19-7/h1-4,15H,(H2,11,18)(H,13,16). The van der Waals surface area contributed by atoms with Crippen molar-refractivity contribution in [2.75, 3.05) is 0 Å². The highest BCUT2D eigenvalue weighted by Crippen LogP contribution is 2.15. The first-order valence-electron chi connectivity index (χ1n) is 4.95. The zero-order chi connectivity index (χ0) is 13.8. The first kappa shape index (κ1) is 13.2. The number of aromatic amines is 1. The van der Waals surface area contributed by atoms with Crippen molar-refractivity contribution in [1.29, 1.82) is 0 Å². The topological polar surface area (TPSA) is 117 Å². The van der Waals surface area contributed by atoms with E-state index in [4.69, 9.17) is 10.2 Å². The zero-order valence-corrected chi connectivity index (χ0v) is 11.0. The molecule has 0 amide bonds. The minimum absolute atomic E-state index is 0.0726. The number of hydrogen-bond donors (Lipinski definition) is 3. The molecule has 0 unspecified atom stereocenters. The van der Waals surface area contributed by atoms with Crippen LogP contribution in [0.2, 0.25) is 0 Å². The third-order valence-corrected chi connectivity index (χ3v) is 2.82. The van der Waals surface area contributed by atoms with E-state index in [-0.39, 0.29) is 15.9 Å². The molecule has 7 nitrogen and oxygen atoms in total. The third-order valence-electron chi connectivity index (χ3n) is 1.92. The van der Waals surface area contributed by atoms with Gasteiger partial charge in [0.15, 0.2) is 0 Å². The van der Waals surface area contributed by atoms with Gasteiger partial charge in [-0.05, 0) is 24.4 Å². The van der Waals surface area contributed by atoms with Gasteiger partial charge in [0.05, 0.1) is 11.1 Å². The lowest BCUT2D eigenvalue weighted by Crippen LogP contribution is -2.02. The molecule has 19 heavy (non-hydrogen) atoms. The number of nitrogens with one attached hydrogen (secondary N) is 1. The maximum atomic E-state index is 11.0. The minimum atomic E-state index is -0.340. The van der Waals surface area contributed by atoms with E-state index in [9.17, 15) is 9.90 Å². The Kier molecular flexibility index (Phi) is 3.88. The SMILES string of the molecule is NC(=S)N=NC=c1ccc(=Cc2sc(=O)[nH]c2O)o1. The summed E-state index contributed by atoms with van der Waals surface area (Å²) >= 11 is 5.40. The fraction of sp³-hybridized carbons (Fsp3) is 0. The predicted molar refractivity (Wildman–Crippen MR) is 74.2 cm³/mol. The summed E-state index contributed by atoms with van der Waals surface area (Å²) in [5.41, 5.74) is 6.04. The molecule has 2 aromatic rings. The second kappa shape index (κ2) is 5.59. The van der Waals surface area contributed by atoms with Gasteiger partial charge in [0.2, 0.25) is 11.0 Å². The van der Waals surface area contributed by atoms with Gasteiger partial charge in [-0.15, -0.1) is 5.11 Å². The molecule has 0 saturated heterocycles. The van der Waals surface area contributed by atoms with Crippen LogP contribution in [0.4, 0.5) is 0 Å². The summed E-state index contributed by atoms with van der Waals surface area (Å²) in [5.74, 6) is -0.190. The van der Waals surface area contributed by atoms with Crippen LogP contribution in [0.15, 0.2) is 31.6 Å². The van der Waals surface area contributed by atoms with E-state index in [1.807, 2.05) is 0 Å². The maximum absolute atomic E-state index is 11.0. The van der Waals surface area contributed by atoms with Crippen molar-refractivity contribution in [2.24, 2.45) is 16.0 Å². The molecule has 98 valence electrons. The van der Waals surface area contributed by atoms with Gasteiger partial charge in [0.25, 0.3) is 0 Å². The van der Waals surface area contributed by atoms with E-state index in [0.29, 0.717) is 15.7 Å². The highest BCUT2D eigenvalue weighted by atomic mass is 32.1. The Morgan fingerprint density at radius 3 is 2.89 bits per heavy atom. The average molecular weight is 296 g/mol. The number of azo groups is 1. The van der Waals surface area contributed by atoms with Crippen molar-refractivity contribution in [3.8, 4) is 5.88 Å². The van der Waals surface area contributed by atoms with Crippen LogP contribution in [0.25, 0.3) is 12.3 Å². The summed E-state index contributed by atoms with van der Waals surface area (Å²) in [7, 11) is 0. The van der Waals surface area contributed by atoms with Crippen LogP contribution in [0.3, 0.4) is 0 Å². The van der Waals surface area contributed by atoms with E-state index in [2.05, 4.69) is 27.4 Å². The summed E-state index contributed by atoms with van der Waals surface area (Å²) < 4.78 is 5.36. The van der Waals surface area contributed by atoms with Crippen molar-refractivity contribution < 1.29 is 9.52 Å². The van der Waals surface area contributed by atoms with Crippen LogP contribution in [0.5, 0.6) is 5.88 Å². The molecule has 0 aromatic carbocycles. The Morgan fingerprint density at radius 2 is 2.26 bits per heavy atom. The normalized spacial score (nSPS) is 13.5. The first-order chi connectivity index (χ1) is 9.04. The summed E-state index contributed by atoms with van der Waals surface area (Å²) in [6, 6.07) is 3.31. The van der Waals surface area contributed by atoms with Gasteiger partial charge in [0.1, 0.15) is 10.8 Å². The minimum Gasteiger partial charge on any atom is -0.493 e. The molecule has 0 aliphatic carbocycles. The van der Waals surface area contributed by atoms with Crippen molar-refractivity contribution in [1.82, 2.24) is 4.98 Å². The molecular weight excluding hydrogens is 288 g/mol. The second-order valence-corrected chi connectivity index (χ2v) is 4.73. The van der Waals surface area contributed by atoms with Crippen LogP contribution in [-0.2, 0) is 0 Å². The molecule has 2 heterocycles. The summed E-state index contributed by atoms with van der Waals surface area (Å²) in [6.07, 6.45) is 2.87. The third kappa shape index (κ3) is 3.60. The average Bonchev–Trinajstić information content (AvgIpc) is 2.87. The zero-order valence-electron chi connectivity index (χ0n) is 9.36. The molecule has 0 fully saturated rings. The number of aromatic hydroxyl groups is 1. The molecule has 0 radical (unpaired) electrons. The van der Waals surface area contributed by atoms with Gasteiger partial charge < -0.3 is 15.3 Å². The maximum Gasteiger partial charge on any atom is 0.307 e. The molecule has 9 heteroatoms. The monoisotopic (exact) mass is 296 g/mol.